The van der Waals surface area contributed by atoms with Crippen LogP contribution in [0.3, 0.4) is 0 Å². The summed E-state index contributed by atoms with van der Waals surface area (Å²) in [7, 11) is 0. The van der Waals surface area contributed by atoms with Crippen LogP contribution in [-0.4, -0.2) is 37.5 Å². The van der Waals surface area contributed by atoms with Gasteiger partial charge in [0.2, 0.25) is 0 Å². The van der Waals surface area contributed by atoms with Crippen molar-refractivity contribution in [2.75, 3.05) is 26.2 Å². The molecule has 0 unspecified atom stereocenters. The Labute approximate surface area is 138 Å². The van der Waals surface area contributed by atoms with E-state index in [0.717, 1.165) is 35.3 Å². The molecule has 1 atom stereocenters. The fourth-order valence-corrected chi connectivity index (χ4v) is 3.09. The summed E-state index contributed by atoms with van der Waals surface area (Å²) in [5, 5.41) is 3.21. The fourth-order valence-electron chi connectivity index (χ4n) is 3.09. The van der Waals surface area contributed by atoms with E-state index in [-0.39, 0.29) is 24.8 Å². The highest BCUT2D eigenvalue weighted by molar-refractivity contribution is 5.85. The number of nitrogens with one attached hydrogen (secondary N) is 1. The van der Waals surface area contributed by atoms with Gasteiger partial charge in [0.15, 0.2) is 0 Å². The molecule has 1 heterocycles. The Kier molecular flexibility index (Phi) is 8.71. The number of halogens is 4. The molecule has 2 nitrogen and oxygen atoms in total. The molecule has 1 aromatic carbocycles. The van der Waals surface area contributed by atoms with Gasteiger partial charge >= 0.3 is 0 Å². The SMILES string of the molecule is Cc1cc(C)c([C@H](C(F)F)N2CCNCC2)c(C)c1.Cl.Cl. The number of hydrogen-bond acceptors (Lipinski definition) is 2. The summed E-state index contributed by atoms with van der Waals surface area (Å²) in [5.74, 6) is 0. The first-order valence-electron chi connectivity index (χ1n) is 6.81. The number of piperazine rings is 1. The molecule has 1 aliphatic rings. The molecule has 6 heteroatoms. The summed E-state index contributed by atoms with van der Waals surface area (Å²) in [6.07, 6.45) is -2.35. The van der Waals surface area contributed by atoms with Gasteiger partial charge in [-0.1, -0.05) is 17.7 Å². The van der Waals surface area contributed by atoms with E-state index in [2.05, 4.69) is 5.32 Å². The van der Waals surface area contributed by atoms with Crippen LogP contribution >= 0.6 is 24.8 Å². The van der Waals surface area contributed by atoms with E-state index < -0.39 is 12.5 Å². The van der Waals surface area contributed by atoms with Crippen molar-refractivity contribution in [1.29, 1.82) is 0 Å². The quantitative estimate of drug-likeness (QED) is 0.903. The lowest BCUT2D eigenvalue weighted by atomic mass is 9.93. The molecule has 0 aliphatic carbocycles. The molecule has 1 aromatic rings. The van der Waals surface area contributed by atoms with Gasteiger partial charge in [-0.05, 0) is 37.5 Å². The van der Waals surface area contributed by atoms with Crippen LogP contribution in [0.2, 0.25) is 0 Å². The topological polar surface area (TPSA) is 15.3 Å². The molecule has 0 radical (unpaired) electrons. The van der Waals surface area contributed by atoms with E-state index in [1.165, 1.54) is 0 Å². The van der Waals surface area contributed by atoms with Gasteiger partial charge in [0.1, 0.15) is 0 Å². The lowest BCUT2D eigenvalue weighted by molar-refractivity contribution is 0.0175. The average molecular weight is 341 g/mol. The molecule has 0 spiro atoms. The molecule has 0 bridgehead atoms. The molecule has 21 heavy (non-hydrogen) atoms. The molecule has 2 rings (SSSR count). The first kappa shape index (κ1) is 20.6. The predicted molar refractivity (Wildman–Crippen MR) is 88.3 cm³/mol. The van der Waals surface area contributed by atoms with E-state index in [1.54, 1.807) is 0 Å². The third kappa shape index (κ3) is 4.78. The van der Waals surface area contributed by atoms with Gasteiger partial charge in [-0.2, -0.15) is 0 Å². The molecule has 0 saturated carbocycles. The number of benzene rings is 1. The van der Waals surface area contributed by atoms with Crippen molar-refractivity contribution in [3.05, 3.63) is 34.4 Å². The summed E-state index contributed by atoms with van der Waals surface area (Å²) in [4.78, 5) is 1.91. The zero-order chi connectivity index (χ0) is 14.0. The van der Waals surface area contributed by atoms with Crippen molar-refractivity contribution < 1.29 is 8.78 Å². The van der Waals surface area contributed by atoms with Gasteiger partial charge in [0.05, 0.1) is 6.04 Å². The number of aryl methyl sites for hydroxylation is 3. The van der Waals surface area contributed by atoms with Crippen molar-refractivity contribution in [1.82, 2.24) is 10.2 Å². The summed E-state index contributed by atoms with van der Waals surface area (Å²) in [5.41, 5.74) is 3.89. The molecule has 1 saturated heterocycles. The Hall–Kier alpha value is -0.420. The van der Waals surface area contributed by atoms with Crippen molar-refractivity contribution in [2.24, 2.45) is 0 Å². The van der Waals surface area contributed by atoms with E-state index in [4.69, 9.17) is 0 Å². The maximum Gasteiger partial charge on any atom is 0.258 e. The van der Waals surface area contributed by atoms with E-state index >= 15 is 0 Å². The van der Waals surface area contributed by atoms with Crippen molar-refractivity contribution in [3.8, 4) is 0 Å². The number of alkyl halides is 2. The predicted octanol–water partition coefficient (Wildman–Crippen LogP) is 3.67. The second kappa shape index (κ2) is 8.89. The first-order valence-corrected chi connectivity index (χ1v) is 6.81. The Bertz CT molecular complexity index is 426. The van der Waals surface area contributed by atoms with Crippen LogP contribution in [0, 0.1) is 20.8 Å². The molecule has 1 aliphatic heterocycles. The second-order valence-electron chi connectivity index (χ2n) is 5.38. The summed E-state index contributed by atoms with van der Waals surface area (Å²) < 4.78 is 27.1. The highest BCUT2D eigenvalue weighted by Gasteiger charge is 2.32. The van der Waals surface area contributed by atoms with E-state index in [1.807, 2.05) is 37.8 Å². The first-order chi connectivity index (χ1) is 9.00. The molecule has 1 fully saturated rings. The Morgan fingerprint density at radius 3 is 1.90 bits per heavy atom. The maximum absolute atomic E-state index is 13.6. The van der Waals surface area contributed by atoms with Crippen LogP contribution in [0.1, 0.15) is 28.3 Å². The lowest BCUT2D eigenvalue weighted by Crippen LogP contribution is -2.47. The van der Waals surface area contributed by atoms with E-state index in [0.29, 0.717) is 13.1 Å². The van der Waals surface area contributed by atoms with E-state index in [9.17, 15) is 8.78 Å². The van der Waals surface area contributed by atoms with Gasteiger partial charge in [-0.3, -0.25) is 4.90 Å². The number of nitrogens with zero attached hydrogens (tertiary/aromatic N) is 1. The van der Waals surface area contributed by atoms with Crippen LogP contribution < -0.4 is 5.32 Å². The van der Waals surface area contributed by atoms with Crippen molar-refractivity contribution in [3.63, 3.8) is 0 Å². The molecular weight excluding hydrogens is 317 g/mol. The van der Waals surface area contributed by atoms with Crippen molar-refractivity contribution >= 4 is 24.8 Å². The fraction of sp³-hybridized carbons (Fsp3) is 0.600. The molecule has 1 N–H and O–H groups in total. The standard InChI is InChI=1S/C15H22F2N2.2ClH/c1-10-8-11(2)13(12(3)9-10)14(15(16)17)19-6-4-18-5-7-19;;/h8-9,14-15,18H,4-7H2,1-3H3;2*1H/t14-;;/m1../s1. The van der Waals surface area contributed by atoms with Gasteiger partial charge in [-0.15, -0.1) is 24.8 Å². The van der Waals surface area contributed by atoms with Gasteiger partial charge < -0.3 is 5.32 Å². The van der Waals surface area contributed by atoms with Gasteiger partial charge in [0, 0.05) is 26.2 Å². The Morgan fingerprint density at radius 1 is 1.00 bits per heavy atom. The van der Waals surface area contributed by atoms with Crippen LogP contribution in [0.25, 0.3) is 0 Å². The Morgan fingerprint density at radius 2 is 1.48 bits per heavy atom. The summed E-state index contributed by atoms with van der Waals surface area (Å²) in [6, 6.07) is 3.22. The monoisotopic (exact) mass is 340 g/mol. The maximum atomic E-state index is 13.6. The van der Waals surface area contributed by atoms with Crippen LogP contribution in [0.4, 0.5) is 8.78 Å². The average Bonchev–Trinajstić information content (AvgIpc) is 2.34. The van der Waals surface area contributed by atoms with Gasteiger partial charge in [0.25, 0.3) is 6.43 Å². The highest BCUT2D eigenvalue weighted by Crippen LogP contribution is 2.33. The largest absolute Gasteiger partial charge is 0.314 e. The summed E-state index contributed by atoms with van der Waals surface area (Å²) in [6.45, 7) is 8.82. The van der Waals surface area contributed by atoms with Crippen molar-refractivity contribution in [2.45, 2.75) is 33.2 Å². The molecular formula is C15H24Cl2F2N2. The van der Waals surface area contributed by atoms with Gasteiger partial charge in [-0.25, -0.2) is 8.78 Å². The molecule has 122 valence electrons. The van der Waals surface area contributed by atoms with Crippen LogP contribution in [-0.2, 0) is 0 Å². The minimum Gasteiger partial charge on any atom is -0.314 e. The molecule has 0 aromatic heterocycles. The lowest BCUT2D eigenvalue weighted by Gasteiger charge is -2.36. The Balaban J connectivity index is 0.00000200. The third-order valence-corrected chi connectivity index (χ3v) is 3.82. The number of rotatable bonds is 3. The normalized spacial score (nSPS) is 17.0. The minimum atomic E-state index is -2.35. The zero-order valence-electron chi connectivity index (χ0n) is 12.7. The highest BCUT2D eigenvalue weighted by atomic mass is 35.5. The van der Waals surface area contributed by atoms with Crippen LogP contribution in [0.15, 0.2) is 12.1 Å². The minimum absolute atomic E-state index is 0. The smallest absolute Gasteiger partial charge is 0.258 e. The number of hydrogen-bond donors (Lipinski definition) is 1. The second-order valence-corrected chi connectivity index (χ2v) is 5.38. The molecule has 0 amide bonds. The van der Waals surface area contributed by atoms with Crippen LogP contribution in [0.5, 0.6) is 0 Å². The zero-order valence-corrected chi connectivity index (χ0v) is 14.3. The third-order valence-electron chi connectivity index (χ3n) is 3.82. The summed E-state index contributed by atoms with van der Waals surface area (Å²) >= 11 is 0.